The van der Waals surface area contributed by atoms with Gasteiger partial charge >= 0.3 is 0 Å². The van der Waals surface area contributed by atoms with E-state index in [0.29, 0.717) is 6.42 Å². The molecule has 1 aromatic carbocycles. The predicted octanol–water partition coefficient (Wildman–Crippen LogP) is 1.50. The molecule has 0 aromatic heterocycles. The minimum absolute atomic E-state index is 0.0569. The van der Waals surface area contributed by atoms with Crippen molar-refractivity contribution in [3.63, 3.8) is 0 Å². The van der Waals surface area contributed by atoms with Crippen LogP contribution in [0.15, 0.2) is 24.3 Å². The minimum atomic E-state index is -0.429. The van der Waals surface area contributed by atoms with Crippen LogP contribution in [0.1, 0.15) is 30.6 Å². The fraction of sp³-hybridized carbons (Fsp3) is 0.625. The first kappa shape index (κ1) is 15.4. The Kier molecular flexibility index (Phi) is 5.54. The normalized spacial score (nSPS) is 25.6. The van der Waals surface area contributed by atoms with Gasteiger partial charge in [0.05, 0.1) is 24.9 Å². The van der Waals surface area contributed by atoms with Crippen LogP contribution in [-0.4, -0.2) is 53.6 Å². The number of aliphatic hydroxyl groups is 2. The maximum absolute atomic E-state index is 10.2. The van der Waals surface area contributed by atoms with Crippen LogP contribution in [0, 0.1) is 6.92 Å². The number of ether oxygens (including phenoxy) is 1. The third-order valence-electron chi connectivity index (χ3n) is 3.79. The van der Waals surface area contributed by atoms with Gasteiger partial charge in [-0.1, -0.05) is 29.8 Å². The zero-order valence-electron chi connectivity index (χ0n) is 12.3. The molecule has 1 aliphatic heterocycles. The van der Waals surface area contributed by atoms with Gasteiger partial charge in [-0.2, -0.15) is 0 Å². The summed E-state index contributed by atoms with van der Waals surface area (Å²) in [5.74, 6) is 0. The van der Waals surface area contributed by atoms with Crippen LogP contribution in [-0.2, 0) is 4.74 Å². The Balaban J connectivity index is 1.83. The third-order valence-corrected chi connectivity index (χ3v) is 3.79. The van der Waals surface area contributed by atoms with Gasteiger partial charge in [0.2, 0.25) is 0 Å². The molecule has 1 saturated heterocycles. The second kappa shape index (κ2) is 7.18. The van der Waals surface area contributed by atoms with Gasteiger partial charge in [0.15, 0.2) is 0 Å². The monoisotopic (exact) mass is 279 g/mol. The summed E-state index contributed by atoms with van der Waals surface area (Å²) in [7, 11) is 0. The van der Waals surface area contributed by atoms with Gasteiger partial charge < -0.3 is 14.9 Å². The maximum atomic E-state index is 10.2. The van der Waals surface area contributed by atoms with Crippen molar-refractivity contribution in [2.24, 2.45) is 0 Å². The van der Waals surface area contributed by atoms with E-state index in [1.54, 1.807) is 0 Å². The topological polar surface area (TPSA) is 52.9 Å². The molecular formula is C16H25NO3. The highest BCUT2D eigenvalue weighted by Crippen LogP contribution is 2.19. The molecule has 2 rings (SSSR count). The second-order valence-electron chi connectivity index (χ2n) is 5.73. The fourth-order valence-electron chi connectivity index (χ4n) is 2.68. The highest BCUT2D eigenvalue weighted by molar-refractivity contribution is 5.23. The van der Waals surface area contributed by atoms with Crippen LogP contribution in [0.5, 0.6) is 0 Å². The number of rotatable bonds is 5. The Hall–Kier alpha value is -0.940. The van der Waals surface area contributed by atoms with E-state index in [0.717, 1.165) is 25.2 Å². The molecule has 1 aliphatic rings. The summed E-state index contributed by atoms with van der Waals surface area (Å²) in [5.41, 5.74) is 2.17. The number of nitrogens with zero attached hydrogens (tertiary/aromatic N) is 1. The van der Waals surface area contributed by atoms with Crippen molar-refractivity contribution in [2.45, 2.75) is 38.6 Å². The number of aryl methyl sites for hydroxylation is 1. The zero-order valence-corrected chi connectivity index (χ0v) is 12.3. The maximum Gasteiger partial charge on any atom is 0.0936 e. The van der Waals surface area contributed by atoms with E-state index in [2.05, 4.69) is 4.90 Å². The van der Waals surface area contributed by atoms with Crippen molar-refractivity contribution in [2.75, 3.05) is 26.2 Å². The minimum Gasteiger partial charge on any atom is -0.394 e. The number of hydrogen-bond acceptors (Lipinski definition) is 4. The first-order valence-corrected chi connectivity index (χ1v) is 7.31. The molecule has 1 aromatic rings. The molecule has 0 aliphatic carbocycles. The Morgan fingerprint density at radius 1 is 1.30 bits per heavy atom. The summed E-state index contributed by atoms with van der Waals surface area (Å²) < 4.78 is 5.62. The highest BCUT2D eigenvalue weighted by atomic mass is 16.5. The van der Waals surface area contributed by atoms with Gasteiger partial charge in [-0.15, -0.1) is 0 Å². The van der Waals surface area contributed by atoms with Gasteiger partial charge in [0.25, 0.3) is 0 Å². The Labute approximate surface area is 121 Å². The second-order valence-corrected chi connectivity index (χ2v) is 5.73. The largest absolute Gasteiger partial charge is 0.394 e. The van der Waals surface area contributed by atoms with Crippen molar-refractivity contribution in [3.8, 4) is 0 Å². The average Bonchev–Trinajstić information content (AvgIpc) is 2.45. The SMILES string of the molecule is Cc1ccc(C(O)CCN2CC(C)OC(CO)C2)cc1. The Morgan fingerprint density at radius 2 is 2.00 bits per heavy atom. The van der Waals surface area contributed by atoms with E-state index in [1.807, 2.05) is 38.1 Å². The molecule has 2 N–H and O–H groups in total. The van der Waals surface area contributed by atoms with Crippen molar-refractivity contribution in [1.29, 1.82) is 0 Å². The summed E-state index contributed by atoms with van der Waals surface area (Å²) in [6.07, 6.45) is 0.308. The lowest BCUT2D eigenvalue weighted by molar-refractivity contribution is -0.0967. The molecule has 4 heteroatoms. The quantitative estimate of drug-likeness (QED) is 0.857. The average molecular weight is 279 g/mol. The van der Waals surface area contributed by atoms with Crippen LogP contribution in [0.2, 0.25) is 0 Å². The van der Waals surface area contributed by atoms with Crippen molar-refractivity contribution < 1.29 is 14.9 Å². The van der Waals surface area contributed by atoms with Gasteiger partial charge in [0.1, 0.15) is 0 Å². The molecule has 112 valence electrons. The summed E-state index contributed by atoms with van der Waals surface area (Å²) in [6.45, 7) is 6.53. The standard InChI is InChI=1S/C16H25NO3/c1-12-3-5-14(6-4-12)16(19)7-8-17-9-13(2)20-15(10-17)11-18/h3-6,13,15-16,18-19H,7-11H2,1-2H3. The lowest BCUT2D eigenvalue weighted by Gasteiger charge is -2.36. The Morgan fingerprint density at radius 3 is 2.65 bits per heavy atom. The van der Waals surface area contributed by atoms with E-state index in [1.165, 1.54) is 5.56 Å². The number of benzene rings is 1. The molecule has 1 fully saturated rings. The molecule has 1 heterocycles. The zero-order chi connectivity index (χ0) is 14.5. The van der Waals surface area contributed by atoms with Crippen molar-refractivity contribution in [3.05, 3.63) is 35.4 Å². The van der Waals surface area contributed by atoms with Crippen LogP contribution < -0.4 is 0 Å². The van der Waals surface area contributed by atoms with E-state index >= 15 is 0 Å². The predicted molar refractivity (Wildman–Crippen MR) is 78.6 cm³/mol. The number of hydrogen-bond donors (Lipinski definition) is 2. The van der Waals surface area contributed by atoms with Crippen molar-refractivity contribution >= 4 is 0 Å². The first-order valence-electron chi connectivity index (χ1n) is 7.31. The van der Waals surface area contributed by atoms with E-state index in [9.17, 15) is 10.2 Å². The van der Waals surface area contributed by atoms with E-state index < -0.39 is 6.10 Å². The molecule has 0 amide bonds. The summed E-state index contributed by atoms with van der Waals surface area (Å²) in [4.78, 5) is 2.26. The molecular weight excluding hydrogens is 254 g/mol. The van der Waals surface area contributed by atoms with Gasteiger partial charge in [-0.25, -0.2) is 0 Å². The highest BCUT2D eigenvalue weighted by Gasteiger charge is 2.24. The smallest absolute Gasteiger partial charge is 0.0936 e. The first-order chi connectivity index (χ1) is 9.58. The lowest BCUT2D eigenvalue weighted by Crippen LogP contribution is -2.48. The molecule has 0 saturated carbocycles. The molecule has 3 atom stereocenters. The van der Waals surface area contributed by atoms with E-state index in [4.69, 9.17) is 4.74 Å². The van der Waals surface area contributed by atoms with Crippen LogP contribution in [0.25, 0.3) is 0 Å². The summed E-state index contributed by atoms with van der Waals surface area (Å²) in [5, 5.41) is 19.4. The van der Waals surface area contributed by atoms with Gasteiger partial charge in [-0.05, 0) is 25.8 Å². The molecule has 4 nitrogen and oxygen atoms in total. The molecule has 0 spiro atoms. The molecule has 20 heavy (non-hydrogen) atoms. The molecule has 3 unspecified atom stereocenters. The molecule has 0 radical (unpaired) electrons. The van der Waals surface area contributed by atoms with Crippen LogP contribution >= 0.6 is 0 Å². The lowest BCUT2D eigenvalue weighted by atomic mass is 10.0. The number of aliphatic hydroxyl groups excluding tert-OH is 2. The fourth-order valence-corrected chi connectivity index (χ4v) is 2.68. The number of morpholine rings is 1. The summed E-state index contributed by atoms with van der Waals surface area (Å²) in [6, 6.07) is 8.02. The van der Waals surface area contributed by atoms with Gasteiger partial charge in [0, 0.05) is 19.6 Å². The van der Waals surface area contributed by atoms with Crippen LogP contribution in [0.3, 0.4) is 0 Å². The summed E-state index contributed by atoms with van der Waals surface area (Å²) >= 11 is 0. The van der Waals surface area contributed by atoms with Crippen molar-refractivity contribution in [1.82, 2.24) is 4.90 Å². The van der Waals surface area contributed by atoms with Gasteiger partial charge in [-0.3, -0.25) is 4.90 Å². The third kappa shape index (κ3) is 4.28. The molecule has 0 bridgehead atoms. The Bertz CT molecular complexity index is 407. The van der Waals surface area contributed by atoms with E-state index in [-0.39, 0.29) is 18.8 Å². The van der Waals surface area contributed by atoms with Crippen LogP contribution in [0.4, 0.5) is 0 Å².